The summed E-state index contributed by atoms with van der Waals surface area (Å²) >= 11 is 14.6. The average molecular weight is 370 g/mol. The van der Waals surface area contributed by atoms with E-state index < -0.39 is 0 Å². The summed E-state index contributed by atoms with van der Waals surface area (Å²) in [6, 6.07) is 8.87. The van der Waals surface area contributed by atoms with E-state index in [-0.39, 0.29) is 17.7 Å². The Balaban J connectivity index is 1.86. The van der Waals surface area contributed by atoms with Crippen LogP contribution in [0.15, 0.2) is 40.6 Å². The molecule has 3 rings (SSSR count). The molecule has 2 aromatic rings. The topological polar surface area (TPSA) is 37.4 Å². The number of hydrogen-bond donors (Lipinski definition) is 0. The Morgan fingerprint density at radius 1 is 1.09 bits per heavy atom. The third-order valence-electron chi connectivity index (χ3n) is 3.07. The fourth-order valence-electron chi connectivity index (χ4n) is 1.98. The number of thioether (sulfide) groups is 1. The first kappa shape index (κ1) is 15.6. The highest BCUT2D eigenvalue weighted by Gasteiger charge is 2.35. The van der Waals surface area contributed by atoms with Crippen LogP contribution in [0.5, 0.6) is 0 Å². The van der Waals surface area contributed by atoms with Crippen LogP contribution in [0.3, 0.4) is 0 Å². The van der Waals surface area contributed by atoms with Crippen molar-refractivity contribution in [2.24, 2.45) is 0 Å². The van der Waals surface area contributed by atoms with Crippen LogP contribution in [-0.2, 0) is 11.3 Å². The molecular formula is C15H9Cl2NO2S2. The van der Waals surface area contributed by atoms with Gasteiger partial charge in [-0.25, -0.2) is 0 Å². The van der Waals surface area contributed by atoms with Crippen LogP contribution in [0.25, 0.3) is 6.08 Å². The molecule has 1 aromatic heterocycles. The lowest BCUT2D eigenvalue weighted by molar-refractivity contribution is -0.123. The highest BCUT2D eigenvalue weighted by atomic mass is 35.5. The molecule has 0 atom stereocenters. The molecule has 0 N–H and O–H groups in total. The monoisotopic (exact) mass is 369 g/mol. The Kier molecular flexibility index (Phi) is 4.59. The van der Waals surface area contributed by atoms with Crippen molar-refractivity contribution in [2.75, 3.05) is 0 Å². The summed E-state index contributed by atoms with van der Waals surface area (Å²) in [5.41, 5.74) is 0.575. The number of hydrogen-bond acceptors (Lipinski definition) is 4. The maximum atomic E-state index is 12.4. The predicted octanol–water partition coefficient (Wildman–Crippen LogP) is 5.29. The van der Waals surface area contributed by atoms with E-state index in [1.165, 1.54) is 11.3 Å². The average Bonchev–Trinajstić information content (AvgIpc) is 3.06. The minimum atomic E-state index is -0.320. The summed E-state index contributed by atoms with van der Waals surface area (Å²) in [6.45, 7) is 0.0744. The molecule has 0 saturated carbocycles. The number of thiophene rings is 1. The quantitative estimate of drug-likeness (QED) is 0.689. The lowest BCUT2D eigenvalue weighted by Gasteiger charge is -2.14. The van der Waals surface area contributed by atoms with Crippen LogP contribution < -0.4 is 0 Å². The van der Waals surface area contributed by atoms with Crippen LogP contribution >= 0.6 is 46.3 Å². The Labute approximate surface area is 145 Å². The summed E-state index contributed by atoms with van der Waals surface area (Å²) in [5, 5.41) is 2.48. The zero-order valence-electron chi connectivity index (χ0n) is 11.1. The zero-order chi connectivity index (χ0) is 15.7. The van der Waals surface area contributed by atoms with Crippen molar-refractivity contribution in [3.05, 3.63) is 61.1 Å². The molecule has 22 heavy (non-hydrogen) atoms. The number of carbonyl (C=O) groups excluding carboxylic acids is 2. The minimum absolute atomic E-state index is 0.0744. The van der Waals surface area contributed by atoms with Gasteiger partial charge in [-0.05, 0) is 41.4 Å². The molecule has 0 bridgehead atoms. The van der Waals surface area contributed by atoms with Crippen molar-refractivity contribution < 1.29 is 9.59 Å². The lowest BCUT2D eigenvalue weighted by atomic mass is 10.2. The first-order valence-electron chi connectivity index (χ1n) is 6.28. The van der Waals surface area contributed by atoms with E-state index in [1.54, 1.807) is 24.3 Å². The number of carbonyl (C=O) groups is 2. The van der Waals surface area contributed by atoms with Crippen LogP contribution in [0.4, 0.5) is 4.79 Å². The summed E-state index contributed by atoms with van der Waals surface area (Å²) in [7, 11) is 0. The van der Waals surface area contributed by atoms with Gasteiger partial charge < -0.3 is 0 Å². The third-order valence-corrected chi connectivity index (χ3v) is 5.50. The van der Waals surface area contributed by atoms with Crippen molar-refractivity contribution in [2.45, 2.75) is 6.54 Å². The van der Waals surface area contributed by atoms with Gasteiger partial charge in [-0.15, -0.1) is 11.3 Å². The van der Waals surface area contributed by atoms with Gasteiger partial charge in [0.15, 0.2) is 0 Å². The fourth-order valence-corrected chi connectivity index (χ4v) is 4.06. The maximum Gasteiger partial charge on any atom is 0.293 e. The molecule has 0 unspecified atom stereocenters. The second-order valence-electron chi connectivity index (χ2n) is 4.48. The van der Waals surface area contributed by atoms with Crippen molar-refractivity contribution >= 4 is 63.5 Å². The molecule has 1 aliphatic rings. The van der Waals surface area contributed by atoms with E-state index in [9.17, 15) is 9.59 Å². The molecule has 0 radical (unpaired) electrons. The molecule has 2 amide bonds. The first-order valence-corrected chi connectivity index (χ1v) is 8.73. The van der Waals surface area contributed by atoms with E-state index in [0.29, 0.717) is 20.5 Å². The minimum Gasteiger partial charge on any atom is -0.268 e. The molecule has 3 nitrogen and oxygen atoms in total. The third kappa shape index (κ3) is 3.08. The number of benzene rings is 1. The van der Waals surface area contributed by atoms with E-state index in [0.717, 1.165) is 21.5 Å². The van der Waals surface area contributed by atoms with Gasteiger partial charge in [0.05, 0.1) is 11.4 Å². The molecule has 1 saturated heterocycles. The van der Waals surface area contributed by atoms with E-state index in [4.69, 9.17) is 23.2 Å². The van der Waals surface area contributed by atoms with Gasteiger partial charge in [-0.1, -0.05) is 35.3 Å². The van der Waals surface area contributed by atoms with Crippen LogP contribution in [-0.4, -0.2) is 16.0 Å². The maximum absolute atomic E-state index is 12.4. The molecule has 2 heterocycles. The molecule has 1 fully saturated rings. The number of rotatable bonds is 3. The van der Waals surface area contributed by atoms with Crippen LogP contribution in [0, 0.1) is 0 Å². The second-order valence-corrected chi connectivity index (χ2v) is 7.27. The highest BCUT2D eigenvalue weighted by molar-refractivity contribution is 8.18. The lowest BCUT2D eigenvalue weighted by Crippen LogP contribution is -2.27. The Hall–Kier alpha value is -1.27. The Bertz CT molecular complexity index is 752. The molecule has 1 aliphatic heterocycles. The van der Waals surface area contributed by atoms with Gasteiger partial charge in [0.1, 0.15) is 0 Å². The largest absolute Gasteiger partial charge is 0.293 e. The van der Waals surface area contributed by atoms with Gasteiger partial charge >= 0.3 is 0 Å². The van der Waals surface area contributed by atoms with Crippen molar-refractivity contribution in [3.8, 4) is 0 Å². The Morgan fingerprint density at radius 2 is 1.82 bits per heavy atom. The van der Waals surface area contributed by atoms with Gasteiger partial charge in [0.25, 0.3) is 11.1 Å². The molecule has 112 valence electrons. The number of nitrogens with zero attached hydrogens (tertiary/aromatic N) is 1. The molecule has 1 aromatic carbocycles. The van der Waals surface area contributed by atoms with Crippen LogP contribution in [0.1, 0.15) is 10.4 Å². The highest BCUT2D eigenvalue weighted by Crippen LogP contribution is 2.35. The van der Waals surface area contributed by atoms with Crippen LogP contribution in [0.2, 0.25) is 10.0 Å². The SMILES string of the molecule is O=C1SC(=Cc2cccs2)C(=O)N1Cc1c(Cl)cccc1Cl. The molecule has 0 aliphatic carbocycles. The van der Waals surface area contributed by atoms with Gasteiger partial charge in [0.2, 0.25) is 0 Å². The van der Waals surface area contributed by atoms with Gasteiger partial charge in [-0.2, -0.15) is 0 Å². The standard InChI is InChI=1S/C15H9Cl2NO2S2/c16-11-4-1-5-12(17)10(11)8-18-14(19)13(22-15(18)20)7-9-3-2-6-21-9/h1-7H,8H2. The number of amides is 2. The first-order chi connectivity index (χ1) is 10.6. The van der Waals surface area contributed by atoms with E-state index >= 15 is 0 Å². The van der Waals surface area contributed by atoms with Crippen molar-refractivity contribution in [3.63, 3.8) is 0 Å². The molecule has 7 heteroatoms. The van der Waals surface area contributed by atoms with Crippen molar-refractivity contribution in [1.29, 1.82) is 0 Å². The summed E-state index contributed by atoms with van der Waals surface area (Å²) in [6.07, 6.45) is 1.73. The number of imide groups is 1. The molecular weight excluding hydrogens is 361 g/mol. The smallest absolute Gasteiger partial charge is 0.268 e. The van der Waals surface area contributed by atoms with Gasteiger partial charge in [-0.3, -0.25) is 14.5 Å². The summed E-state index contributed by atoms with van der Waals surface area (Å²) in [5.74, 6) is -0.320. The normalized spacial score (nSPS) is 16.8. The predicted molar refractivity (Wildman–Crippen MR) is 92.3 cm³/mol. The summed E-state index contributed by atoms with van der Waals surface area (Å²) < 4.78 is 0. The van der Waals surface area contributed by atoms with E-state index in [1.807, 2.05) is 17.5 Å². The second kappa shape index (κ2) is 6.46. The van der Waals surface area contributed by atoms with Crippen molar-refractivity contribution in [1.82, 2.24) is 4.90 Å². The summed E-state index contributed by atoms with van der Waals surface area (Å²) in [4.78, 5) is 27.0. The number of halogens is 2. The zero-order valence-corrected chi connectivity index (χ0v) is 14.2. The fraction of sp³-hybridized carbons (Fsp3) is 0.0667. The van der Waals surface area contributed by atoms with Gasteiger partial charge in [0, 0.05) is 20.5 Å². The van der Waals surface area contributed by atoms with E-state index in [2.05, 4.69) is 0 Å². The molecule has 0 spiro atoms. The Morgan fingerprint density at radius 3 is 2.45 bits per heavy atom.